The Hall–Kier alpha value is -1.99. The molecule has 5 heteroatoms. The molecule has 0 aliphatic heterocycles. The summed E-state index contributed by atoms with van der Waals surface area (Å²) in [4.78, 5) is 21.6. The molecule has 1 aromatic carbocycles. The van der Waals surface area contributed by atoms with Crippen molar-refractivity contribution in [1.29, 1.82) is 0 Å². The molecular weight excluding hydrogens is 232 g/mol. The first kappa shape index (κ1) is 12.1. The fourth-order valence-electron chi connectivity index (χ4n) is 0.976. The molecule has 0 amide bonds. The topological polar surface area (TPSA) is 63.6 Å². The smallest absolute Gasteiger partial charge is 0.384 e. The molecule has 0 heterocycles. The van der Waals surface area contributed by atoms with Gasteiger partial charge in [-0.05, 0) is 18.2 Å². The molecule has 0 fully saturated rings. The highest BCUT2D eigenvalue weighted by atomic mass is 35.5. The molecule has 82 valence electrons. The molecule has 4 nitrogen and oxygen atoms in total. The summed E-state index contributed by atoms with van der Waals surface area (Å²) in [5.74, 6) is 2.66. The van der Waals surface area contributed by atoms with Crippen molar-refractivity contribution in [2.75, 3.05) is 7.11 Å². The van der Waals surface area contributed by atoms with Gasteiger partial charge in [0.25, 0.3) is 0 Å². The molecule has 0 saturated heterocycles. The number of methoxy groups -OCH3 is 1. The number of carbonyl (C=O) groups excluding carboxylic acids is 1. The lowest BCUT2D eigenvalue weighted by Crippen LogP contribution is -2.00. The maximum absolute atomic E-state index is 10.8. The highest BCUT2D eigenvalue weighted by Gasteiger charge is 2.08. The van der Waals surface area contributed by atoms with Gasteiger partial charge in [0.05, 0.1) is 12.7 Å². The number of aromatic carboxylic acids is 1. The van der Waals surface area contributed by atoms with Crippen molar-refractivity contribution in [2.45, 2.75) is 0 Å². The normalized spacial score (nSPS) is 8.88. The van der Waals surface area contributed by atoms with Crippen LogP contribution in [0.1, 0.15) is 15.9 Å². The maximum atomic E-state index is 10.8. The van der Waals surface area contributed by atoms with Gasteiger partial charge in [0.1, 0.15) is 0 Å². The number of carbonyl (C=O) groups is 2. The molecule has 0 radical (unpaired) electrons. The summed E-state index contributed by atoms with van der Waals surface area (Å²) in [7, 11) is 1.19. The van der Waals surface area contributed by atoms with Crippen molar-refractivity contribution in [2.24, 2.45) is 0 Å². The number of halogens is 1. The zero-order chi connectivity index (χ0) is 12.1. The highest BCUT2D eigenvalue weighted by Crippen LogP contribution is 2.15. The zero-order valence-corrected chi connectivity index (χ0v) is 9.04. The lowest BCUT2D eigenvalue weighted by Gasteiger charge is -1.98. The van der Waals surface area contributed by atoms with Crippen molar-refractivity contribution in [1.82, 2.24) is 0 Å². The van der Waals surface area contributed by atoms with Crippen molar-refractivity contribution in [3.63, 3.8) is 0 Å². The first-order chi connectivity index (χ1) is 7.54. The lowest BCUT2D eigenvalue weighted by molar-refractivity contribution is -0.133. The van der Waals surface area contributed by atoms with E-state index < -0.39 is 11.9 Å². The summed E-state index contributed by atoms with van der Waals surface area (Å²) in [5, 5.41) is 9.20. The van der Waals surface area contributed by atoms with Crippen molar-refractivity contribution < 1.29 is 19.4 Å². The van der Waals surface area contributed by atoms with Crippen LogP contribution in [0.5, 0.6) is 0 Å². The fraction of sp³-hybridized carbons (Fsp3) is 0.0909. The number of hydrogen-bond donors (Lipinski definition) is 1. The van der Waals surface area contributed by atoms with Gasteiger partial charge in [-0.1, -0.05) is 17.5 Å². The quantitative estimate of drug-likeness (QED) is 0.596. The first-order valence-corrected chi connectivity index (χ1v) is 4.55. The largest absolute Gasteiger partial charge is 0.478 e. The molecule has 1 aromatic rings. The van der Waals surface area contributed by atoms with Gasteiger partial charge in [0.15, 0.2) is 0 Å². The molecule has 0 aromatic heterocycles. The molecule has 16 heavy (non-hydrogen) atoms. The summed E-state index contributed by atoms with van der Waals surface area (Å²) in [5.41, 5.74) is 0.159. The van der Waals surface area contributed by atoms with E-state index in [1.54, 1.807) is 0 Å². The Morgan fingerprint density at radius 1 is 1.44 bits per heavy atom. The van der Waals surface area contributed by atoms with Crippen LogP contribution >= 0.6 is 11.6 Å². The molecule has 0 atom stereocenters. The third-order valence-electron chi connectivity index (χ3n) is 1.70. The second-order valence-corrected chi connectivity index (χ2v) is 3.17. The minimum atomic E-state index is -1.13. The summed E-state index contributed by atoms with van der Waals surface area (Å²) in [6, 6.07) is 4.14. The van der Waals surface area contributed by atoms with Gasteiger partial charge < -0.3 is 9.84 Å². The lowest BCUT2D eigenvalue weighted by atomic mass is 10.1. The minimum absolute atomic E-state index is 0.0131. The Morgan fingerprint density at radius 2 is 2.12 bits per heavy atom. The Kier molecular flexibility index (Phi) is 3.92. The molecular formula is C11H7ClO4. The third-order valence-corrected chi connectivity index (χ3v) is 1.93. The Labute approximate surface area is 96.8 Å². The Morgan fingerprint density at radius 3 is 2.69 bits per heavy atom. The predicted octanol–water partition coefficient (Wildman–Crippen LogP) is 1.56. The van der Waals surface area contributed by atoms with E-state index in [1.165, 1.54) is 25.3 Å². The standard InChI is InChI=1S/C11H7ClO4/c1-16-10(13)5-2-7-6-8(12)3-4-9(7)11(14)15/h3-4,6H,1H3,(H,14,15). The van der Waals surface area contributed by atoms with Gasteiger partial charge in [0, 0.05) is 16.5 Å². The number of rotatable bonds is 1. The molecule has 1 rings (SSSR count). The van der Waals surface area contributed by atoms with Gasteiger partial charge in [0.2, 0.25) is 0 Å². The van der Waals surface area contributed by atoms with Gasteiger partial charge in [-0.2, -0.15) is 0 Å². The number of carboxylic acid groups (broad SMARTS) is 1. The van der Waals surface area contributed by atoms with Crippen LogP contribution in [0.15, 0.2) is 18.2 Å². The molecule has 1 N–H and O–H groups in total. The van der Waals surface area contributed by atoms with E-state index >= 15 is 0 Å². The molecule has 0 unspecified atom stereocenters. The Bertz CT molecular complexity index is 496. The molecule has 0 aliphatic carbocycles. The third kappa shape index (κ3) is 3.01. The van der Waals surface area contributed by atoms with E-state index in [0.29, 0.717) is 5.02 Å². The number of ether oxygens (including phenoxy) is 1. The second-order valence-electron chi connectivity index (χ2n) is 2.74. The van der Waals surface area contributed by atoms with Crippen LogP contribution in [0.2, 0.25) is 5.02 Å². The van der Waals surface area contributed by atoms with Crippen LogP contribution in [-0.4, -0.2) is 24.2 Å². The van der Waals surface area contributed by atoms with E-state index in [-0.39, 0.29) is 11.1 Å². The van der Waals surface area contributed by atoms with Crippen molar-refractivity contribution >= 4 is 23.5 Å². The number of carboxylic acids is 1. The molecule has 0 bridgehead atoms. The van der Waals surface area contributed by atoms with Gasteiger partial charge in [-0.3, -0.25) is 0 Å². The number of esters is 1. The van der Waals surface area contributed by atoms with E-state index in [2.05, 4.69) is 16.6 Å². The van der Waals surface area contributed by atoms with Crippen LogP contribution in [0.25, 0.3) is 0 Å². The zero-order valence-electron chi connectivity index (χ0n) is 8.28. The molecule has 0 aliphatic rings. The van der Waals surface area contributed by atoms with Crippen LogP contribution in [-0.2, 0) is 9.53 Å². The molecule has 0 saturated carbocycles. The van der Waals surface area contributed by atoms with E-state index in [4.69, 9.17) is 16.7 Å². The van der Waals surface area contributed by atoms with Gasteiger partial charge >= 0.3 is 11.9 Å². The fourth-order valence-corrected chi connectivity index (χ4v) is 1.15. The van der Waals surface area contributed by atoms with Crippen LogP contribution in [0.4, 0.5) is 0 Å². The Balaban J connectivity index is 3.19. The van der Waals surface area contributed by atoms with Crippen LogP contribution < -0.4 is 0 Å². The second kappa shape index (κ2) is 5.19. The summed E-state index contributed by atoms with van der Waals surface area (Å²) in [6.07, 6.45) is 0. The van der Waals surface area contributed by atoms with Crippen LogP contribution in [0, 0.1) is 11.8 Å². The van der Waals surface area contributed by atoms with Gasteiger partial charge in [-0.15, -0.1) is 0 Å². The van der Waals surface area contributed by atoms with Gasteiger partial charge in [-0.25, -0.2) is 9.59 Å². The summed E-state index contributed by atoms with van der Waals surface area (Å²) >= 11 is 5.69. The maximum Gasteiger partial charge on any atom is 0.384 e. The van der Waals surface area contributed by atoms with Crippen molar-refractivity contribution in [3.05, 3.63) is 34.3 Å². The summed E-state index contributed by atoms with van der Waals surface area (Å²) in [6.45, 7) is 0. The van der Waals surface area contributed by atoms with E-state index in [0.717, 1.165) is 0 Å². The first-order valence-electron chi connectivity index (χ1n) is 4.17. The monoisotopic (exact) mass is 238 g/mol. The number of benzene rings is 1. The van der Waals surface area contributed by atoms with E-state index in [1.807, 2.05) is 0 Å². The SMILES string of the molecule is COC(=O)C#Cc1cc(Cl)ccc1C(=O)O. The average Bonchev–Trinajstić information content (AvgIpc) is 2.25. The van der Waals surface area contributed by atoms with Crippen LogP contribution in [0.3, 0.4) is 0 Å². The van der Waals surface area contributed by atoms with Crippen molar-refractivity contribution in [3.8, 4) is 11.8 Å². The number of hydrogen-bond acceptors (Lipinski definition) is 3. The molecule has 0 spiro atoms. The average molecular weight is 239 g/mol. The highest BCUT2D eigenvalue weighted by molar-refractivity contribution is 6.30. The minimum Gasteiger partial charge on any atom is -0.478 e. The summed E-state index contributed by atoms with van der Waals surface area (Å²) < 4.78 is 4.31. The van der Waals surface area contributed by atoms with E-state index in [9.17, 15) is 9.59 Å². The predicted molar refractivity (Wildman–Crippen MR) is 57.3 cm³/mol.